The van der Waals surface area contributed by atoms with Gasteiger partial charge in [-0.2, -0.15) is 0 Å². The molecule has 0 saturated carbocycles. The van der Waals surface area contributed by atoms with Crippen LogP contribution in [0.3, 0.4) is 0 Å². The molecule has 0 radical (unpaired) electrons. The fourth-order valence-electron chi connectivity index (χ4n) is 4.33. The summed E-state index contributed by atoms with van der Waals surface area (Å²) in [4.78, 5) is 11.2. The van der Waals surface area contributed by atoms with Crippen LogP contribution in [0.25, 0.3) is 5.69 Å². The fraction of sp³-hybridized carbons (Fsp3) is 0.348. The third-order valence-corrected chi connectivity index (χ3v) is 5.99. The van der Waals surface area contributed by atoms with Gasteiger partial charge < -0.3 is 19.5 Å². The maximum Gasteiger partial charge on any atom is 0.170 e. The first kappa shape index (κ1) is 20.5. The van der Waals surface area contributed by atoms with Crippen molar-refractivity contribution in [3.63, 3.8) is 0 Å². The van der Waals surface area contributed by atoms with Crippen LogP contribution in [0.4, 0.5) is 0 Å². The lowest BCUT2D eigenvalue weighted by Crippen LogP contribution is -2.31. The van der Waals surface area contributed by atoms with E-state index in [1.165, 1.54) is 17.0 Å². The molecule has 1 aliphatic heterocycles. The minimum Gasteiger partial charge on any atom is -0.385 e. The zero-order valence-electron chi connectivity index (χ0n) is 17.6. The van der Waals surface area contributed by atoms with E-state index < -0.39 is 0 Å². The predicted octanol–water partition coefficient (Wildman–Crippen LogP) is 3.89. The first-order valence-corrected chi connectivity index (χ1v) is 10.6. The van der Waals surface area contributed by atoms with Gasteiger partial charge in [0.05, 0.1) is 29.7 Å². The maximum atomic E-state index is 5.75. The SMILES string of the molecule is COCCCN1C(=S)N[C@H](c2ccccn2)[C@H]1c1cc(C)n(-c2cccnc2)c1C. The van der Waals surface area contributed by atoms with Crippen molar-refractivity contribution in [3.8, 4) is 5.69 Å². The average molecular weight is 422 g/mol. The van der Waals surface area contributed by atoms with Gasteiger partial charge in [-0.05, 0) is 68.4 Å². The van der Waals surface area contributed by atoms with E-state index in [2.05, 4.69) is 56.8 Å². The molecule has 0 amide bonds. The second kappa shape index (κ2) is 8.93. The minimum atomic E-state index is -0.0101. The van der Waals surface area contributed by atoms with Crippen molar-refractivity contribution in [1.29, 1.82) is 0 Å². The lowest BCUT2D eigenvalue weighted by molar-refractivity contribution is 0.180. The van der Waals surface area contributed by atoms with Gasteiger partial charge in [-0.3, -0.25) is 9.97 Å². The quantitative estimate of drug-likeness (QED) is 0.461. The largest absolute Gasteiger partial charge is 0.385 e. The van der Waals surface area contributed by atoms with Crippen molar-refractivity contribution in [1.82, 2.24) is 24.8 Å². The number of nitrogens with zero attached hydrogens (tertiary/aromatic N) is 4. The van der Waals surface area contributed by atoms with Crippen LogP contribution in [0, 0.1) is 13.8 Å². The number of pyridine rings is 2. The van der Waals surface area contributed by atoms with Gasteiger partial charge >= 0.3 is 0 Å². The molecule has 0 spiro atoms. The number of rotatable bonds is 7. The van der Waals surface area contributed by atoms with E-state index in [1.54, 1.807) is 13.3 Å². The van der Waals surface area contributed by atoms with Crippen LogP contribution in [0.2, 0.25) is 0 Å². The Hall–Kier alpha value is -2.77. The minimum absolute atomic E-state index is 0.0101. The first-order chi connectivity index (χ1) is 14.6. The van der Waals surface area contributed by atoms with E-state index in [0.29, 0.717) is 6.61 Å². The van der Waals surface area contributed by atoms with Crippen LogP contribution >= 0.6 is 12.2 Å². The molecule has 3 aromatic rings. The molecule has 4 rings (SSSR count). The molecule has 156 valence electrons. The number of ether oxygens (including phenoxy) is 1. The molecule has 2 atom stereocenters. The summed E-state index contributed by atoms with van der Waals surface area (Å²) in [5.41, 5.74) is 5.66. The molecule has 1 fully saturated rings. The molecule has 6 nitrogen and oxygen atoms in total. The maximum absolute atomic E-state index is 5.75. The van der Waals surface area contributed by atoms with Crippen LogP contribution < -0.4 is 5.32 Å². The number of hydrogen-bond acceptors (Lipinski definition) is 4. The van der Waals surface area contributed by atoms with Crippen LogP contribution in [0.5, 0.6) is 0 Å². The average Bonchev–Trinajstić information content (AvgIpc) is 3.25. The Bertz CT molecular complexity index is 1010. The highest BCUT2D eigenvalue weighted by atomic mass is 32.1. The number of hydrogen-bond donors (Lipinski definition) is 1. The van der Waals surface area contributed by atoms with E-state index in [9.17, 15) is 0 Å². The highest BCUT2D eigenvalue weighted by Gasteiger charge is 2.41. The molecule has 30 heavy (non-hydrogen) atoms. The van der Waals surface area contributed by atoms with E-state index in [1.807, 2.05) is 30.6 Å². The van der Waals surface area contributed by atoms with Gasteiger partial charge in [-0.1, -0.05) is 6.07 Å². The van der Waals surface area contributed by atoms with Gasteiger partial charge in [-0.25, -0.2) is 0 Å². The normalized spacial score (nSPS) is 18.6. The number of nitrogens with one attached hydrogen (secondary N) is 1. The van der Waals surface area contributed by atoms with Gasteiger partial charge in [0.2, 0.25) is 0 Å². The molecule has 0 unspecified atom stereocenters. The van der Waals surface area contributed by atoms with E-state index >= 15 is 0 Å². The summed E-state index contributed by atoms with van der Waals surface area (Å²) in [6, 6.07) is 12.4. The number of methoxy groups -OCH3 is 1. The summed E-state index contributed by atoms with van der Waals surface area (Å²) in [7, 11) is 1.73. The summed E-state index contributed by atoms with van der Waals surface area (Å²) >= 11 is 5.75. The first-order valence-electron chi connectivity index (χ1n) is 10.2. The number of aromatic nitrogens is 3. The Morgan fingerprint density at radius 2 is 2.03 bits per heavy atom. The van der Waals surface area contributed by atoms with Crippen molar-refractivity contribution in [3.05, 3.63) is 77.6 Å². The van der Waals surface area contributed by atoms with Crippen LogP contribution in [-0.4, -0.2) is 44.8 Å². The van der Waals surface area contributed by atoms with E-state index in [0.717, 1.165) is 29.5 Å². The summed E-state index contributed by atoms with van der Waals surface area (Å²) < 4.78 is 7.54. The summed E-state index contributed by atoms with van der Waals surface area (Å²) in [5, 5.41) is 4.29. The van der Waals surface area contributed by atoms with Gasteiger partial charge in [0.25, 0.3) is 0 Å². The highest BCUT2D eigenvalue weighted by molar-refractivity contribution is 7.80. The standard InChI is InChI=1S/C23H27N5OS/c1-16-14-19(17(2)28(16)18-8-6-10-24-15-18)22-21(20-9-4-5-11-25-20)26-23(30)27(22)12-7-13-29-3/h4-6,8-11,14-15,21-22H,7,12-13H2,1-3H3,(H,26,30)/t21-,22-/m1/s1. The topological polar surface area (TPSA) is 55.2 Å². The Labute approximate surface area is 182 Å². The van der Waals surface area contributed by atoms with Crippen molar-refractivity contribution in [2.75, 3.05) is 20.3 Å². The second-order valence-electron chi connectivity index (χ2n) is 7.54. The molecule has 7 heteroatoms. The van der Waals surface area contributed by atoms with Crippen molar-refractivity contribution in [2.45, 2.75) is 32.4 Å². The lowest BCUT2D eigenvalue weighted by atomic mass is 9.96. The monoisotopic (exact) mass is 421 g/mol. The zero-order chi connectivity index (χ0) is 21.1. The van der Waals surface area contributed by atoms with E-state index in [4.69, 9.17) is 17.0 Å². The predicted molar refractivity (Wildman–Crippen MR) is 122 cm³/mol. The number of thiocarbonyl (C=S) groups is 1. The smallest absolute Gasteiger partial charge is 0.170 e. The third-order valence-electron chi connectivity index (χ3n) is 5.64. The Kier molecular flexibility index (Phi) is 6.11. The van der Waals surface area contributed by atoms with Crippen LogP contribution in [-0.2, 0) is 4.74 Å². The second-order valence-corrected chi connectivity index (χ2v) is 7.93. The third kappa shape index (κ3) is 3.82. The molecule has 0 aromatic carbocycles. The molecule has 4 heterocycles. The molecular formula is C23H27N5OS. The van der Waals surface area contributed by atoms with Gasteiger partial charge in [0, 0.05) is 44.0 Å². The van der Waals surface area contributed by atoms with Crippen LogP contribution in [0.15, 0.2) is 55.0 Å². The lowest BCUT2D eigenvalue weighted by Gasteiger charge is -2.28. The highest BCUT2D eigenvalue weighted by Crippen LogP contribution is 2.41. The molecule has 0 aliphatic carbocycles. The molecule has 0 bridgehead atoms. The zero-order valence-corrected chi connectivity index (χ0v) is 18.4. The summed E-state index contributed by atoms with van der Waals surface area (Å²) in [5.74, 6) is 0. The van der Waals surface area contributed by atoms with E-state index in [-0.39, 0.29) is 12.1 Å². The van der Waals surface area contributed by atoms with Gasteiger partial charge in [0.15, 0.2) is 5.11 Å². The summed E-state index contributed by atoms with van der Waals surface area (Å²) in [6.07, 6.45) is 6.44. The molecular weight excluding hydrogens is 394 g/mol. The molecule has 1 N–H and O–H groups in total. The van der Waals surface area contributed by atoms with Gasteiger partial charge in [0.1, 0.15) is 0 Å². The van der Waals surface area contributed by atoms with Gasteiger partial charge in [-0.15, -0.1) is 0 Å². The molecule has 3 aromatic heterocycles. The van der Waals surface area contributed by atoms with Crippen molar-refractivity contribution >= 4 is 17.3 Å². The Balaban J connectivity index is 1.78. The molecule has 1 saturated heterocycles. The Morgan fingerprint density at radius 3 is 2.73 bits per heavy atom. The Morgan fingerprint density at radius 1 is 1.17 bits per heavy atom. The number of aryl methyl sites for hydroxylation is 1. The summed E-state index contributed by atoms with van der Waals surface area (Å²) in [6.45, 7) is 5.83. The fourth-order valence-corrected chi connectivity index (χ4v) is 4.67. The molecule has 1 aliphatic rings. The van der Waals surface area contributed by atoms with Crippen molar-refractivity contribution in [2.24, 2.45) is 0 Å². The van der Waals surface area contributed by atoms with Crippen molar-refractivity contribution < 1.29 is 4.74 Å². The van der Waals surface area contributed by atoms with Crippen LogP contribution in [0.1, 0.15) is 41.1 Å².